The number of benzene rings is 1. The fourth-order valence-electron chi connectivity index (χ4n) is 1.85. The number of aryl methyl sites for hydroxylation is 1. The minimum absolute atomic E-state index is 0.226. The lowest BCUT2D eigenvalue weighted by atomic mass is 10.1. The second-order valence-electron chi connectivity index (χ2n) is 4.64. The van der Waals surface area contributed by atoms with E-state index in [0.29, 0.717) is 24.6 Å². The van der Waals surface area contributed by atoms with Crippen LogP contribution >= 0.6 is 15.9 Å². The number of halogens is 1. The zero-order valence-corrected chi connectivity index (χ0v) is 12.4. The Hall–Kier alpha value is -1.67. The maximum absolute atomic E-state index is 8.64. The Labute approximate surface area is 120 Å². The Morgan fingerprint density at radius 1 is 1.47 bits per heavy atom. The summed E-state index contributed by atoms with van der Waals surface area (Å²) in [5.41, 5.74) is 2.05. The average Bonchev–Trinajstić information content (AvgIpc) is 2.77. The second-order valence-corrected chi connectivity index (χ2v) is 5.56. The van der Waals surface area contributed by atoms with Crippen LogP contribution in [0.3, 0.4) is 0 Å². The molecule has 0 saturated carbocycles. The third-order valence-electron chi connectivity index (χ3n) is 2.86. The molecule has 0 bridgehead atoms. The summed E-state index contributed by atoms with van der Waals surface area (Å²) in [5, 5.41) is 12.6. The third kappa shape index (κ3) is 3.42. The van der Waals surface area contributed by atoms with Gasteiger partial charge in [-0.05, 0) is 36.6 Å². The van der Waals surface area contributed by atoms with E-state index < -0.39 is 0 Å². The Morgan fingerprint density at radius 3 is 2.95 bits per heavy atom. The zero-order chi connectivity index (χ0) is 13.8. The van der Waals surface area contributed by atoms with Crippen molar-refractivity contribution in [2.75, 3.05) is 0 Å². The number of nitriles is 1. The monoisotopic (exact) mass is 319 g/mol. The van der Waals surface area contributed by atoms with E-state index in [2.05, 4.69) is 32.1 Å². The Balaban J connectivity index is 2.19. The molecule has 1 unspecified atom stereocenters. The van der Waals surface area contributed by atoms with Crippen LogP contribution in [0.5, 0.6) is 0 Å². The number of hydrogen-bond donors (Lipinski definition) is 0. The summed E-state index contributed by atoms with van der Waals surface area (Å²) in [7, 11) is 0. The molecule has 0 amide bonds. The van der Waals surface area contributed by atoms with Crippen molar-refractivity contribution in [3.05, 3.63) is 34.1 Å². The fraction of sp³-hybridized carbons (Fsp3) is 0.357. The van der Waals surface area contributed by atoms with E-state index >= 15 is 0 Å². The minimum atomic E-state index is 0.226. The van der Waals surface area contributed by atoms with Gasteiger partial charge in [0.25, 0.3) is 0 Å². The molecule has 0 radical (unpaired) electrons. The summed E-state index contributed by atoms with van der Waals surface area (Å²) >= 11 is 3.43. The number of nitrogens with zero attached hydrogens (tertiary/aromatic N) is 3. The molecular weight excluding hydrogens is 306 g/mol. The van der Waals surface area contributed by atoms with Crippen LogP contribution in [-0.2, 0) is 6.42 Å². The highest BCUT2D eigenvalue weighted by Crippen LogP contribution is 2.24. The van der Waals surface area contributed by atoms with Gasteiger partial charge in [-0.1, -0.05) is 28.0 Å². The molecule has 1 heterocycles. The van der Waals surface area contributed by atoms with Crippen molar-refractivity contribution in [1.29, 1.82) is 5.26 Å². The van der Waals surface area contributed by atoms with Crippen molar-refractivity contribution in [1.82, 2.24) is 10.1 Å². The number of aromatic nitrogens is 2. The fourth-order valence-corrected chi connectivity index (χ4v) is 2.33. The molecule has 5 heteroatoms. The van der Waals surface area contributed by atoms with Crippen molar-refractivity contribution < 1.29 is 4.52 Å². The molecule has 19 heavy (non-hydrogen) atoms. The summed E-state index contributed by atoms with van der Waals surface area (Å²) in [5.74, 6) is 1.41. The van der Waals surface area contributed by atoms with Crippen LogP contribution in [0, 0.1) is 24.2 Å². The van der Waals surface area contributed by atoms with E-state index in [1.54, 1.807) is 0 Å². The summed E-state index contributed by atoms with van der Waals surface area (Å²) < 4.78 is 6.27. The molecule has 0 N–H and O–H groups in total. The van der Waals surface area contributed by atoms with Gasteiger partial charge in [-0.3, -0.25) is 0 Å². The van der Waals surface area contributed by atoms with Gasteiger partial charge in [0.05, 0.1) is 6.07 Å². The molecule has 0 saturated heterocycles. The van der Waals surface area contributed by atoms with Gasteiger partial charge in [0.2, 0.25) is 11.7 Å². The van der Waals surface area contributed by atoms with E-state index in [0.717, 1.165) is 15.6 Å². The van der Waals surface area contributed by atoms with E-state index in [1.165, 1.54) is 0 Å². The Bertz CT molecular complexity index is 615. The van der Waals surface area contributed by atoms with Gasteiger partial charge in [-0.25, -0.2) is 0 Å². The first-order valence-corrected chi connectivity index (χ1v) is 6.85. The first-order chi connectivity index (χ1) is 9.10. The summed E-state index contributed by atoms with van der Waals surface area (Å²) in [6.07, 6.45) is 1.13. The van der Waals surface area contributed by atoms with Gasteiger partial charge in [-0.2, -0.15) is 10.2 Å². The quantitative estimate of drug-likeness (QED) is 0.857. The minimum Gasteiger partial charge on any atom is -0.339 e. The predicted octanol–water partition coefficient (Wildman–Crippen LogP) is 3.90. The molecule has 2 aromatic rings. The van der Waals surface area contributed by atoms with E-state index in [1.807, 2.05) is 32.0 Å². The average molecular weight is 320 g/mol. The summed E-state index contributed by atoms with van der Waals surface area (Å²) in [6.45, 7) is 4.01. The highest BCUT2D eigenvalue weighted by atomic mass is 79.9. The molecule has 1 aromatic carbocycles. The van der Waals surface area contributed by atoms with Crippen LogP contribution in [-0.4, -0.2) is 10.1 Å². The van der Waals surface area contributed by atoms with E-state index in [-0.39, 0.29) is 5.92 Å². The van der Waals surface area contributed by atoms with Crippen molar-refractivity contribution >= 4 is 15.9 Å². The molecule has 0 aliphatic carbocycles. The lowest BCUT2D eigenvalue weighted by Crippen LogP contribution is -1.98. The van der Waals surface area contributed by atoms with Crippen LogP contribution in [0.4, 0.5) is 0 Å². The molecule has 0 aliphatic rings. The van der Waals surface area contributed by atoms with Crippen LogP contribution in [0.1, 0.15) is 24.8 Å². The largest absolute Gasteiger partial charge is 0.339 e. The van der Waals surface area contributed by atoms with Gasteiger partial charge in [0.15, 0.2) is 0 Å². The first kappa shape index (κ1) is 13.8. The van der Waals surface area contributed by atoms with Crippen molar-refractivity contribution in [3.63, 3.8) is 0 Å². The normalized spacial score (nSPS) is 12.1. The van der Waals surface area contributed by atoms with Gasteiger partial charge < -0.3 is 4.52 Å². The highest BCUT2D eigenvalue weighted by Gasteiger charge is 2.13. The van der Waals surface area contributed by atoms with E-state index in [4.69, 9.17) is 9.78 Å². The van der Waals surface area contributed by atoms with Crippen LogP contribution in [0.15, 0.2) is 27.2 Å². The van der Waals surface area contributed by atoms with Crippen molar-refractivity contribution in [2.24, 2.45) is 5.92 Å². The Kier molecular flexibility index (Phi) is 4.33. The van der Waals surface area contributed by atoms with Crippen LogP contribution in [0.25, 0.3) is 11.4 Å². The molecule has 2 rings (SSSR count). The molecule has 98 valence electrons. The second kappa shape index (κ2) is 5.98. The number of rotatable bonds is 4. The molecule has 4 nitrogen and oxygen atoms in total. The summed E-state index contributed by atoms with van der Waals surface area (Å²) in [6, 6.07) is 8.08. The predicted molar refractivity (Wildman–Crippen MR) is 75.3 cm³/mol. The SMILES string of the molecule is Cc1cc(Br)ccc1-c1noc(CC(C)CC#N)n1. The molecule has 1 aromatic heterocycles. The molecule has 1 atom stereocenters. The smallest absolute Gasteiger partial charge is 0.227 e. The standard InChI is InChI=1S/C14H14BrN3O/c1-9(5-6-16)7-13-17-14(18-19-13)12-4-3-11(15)8-10(12)2/h3-4,8-9H,5,7H2,1-2H3. The zero-order valence-electron chi connectivity index (χ0n) is 10.9. The van der Waals surface area contributed by atoms with Gasteiger partial charge in [0, 0.05) is 22.9 Å². The molecular formula is C14H14BrN3O. The maximum Gasteiger partial charge on any atom is 0.227 e. The first-order valence-electron chi connectivity index (χ1n) is 6.06. The molecule has 0 aliphatic heterocycles. The maximum atomic E-state index is 8.64. The lowest BCUT2D eigenvalue weighted by molar-refractivity contribution is 0.359. The molecule has 0 spiro atoms. The van der Waals surface area contributed by atoms with E-state index in [9.17, 15) is 0 Å². The lowest BCUT2D eigenvalue weighted by Gasteiger charge is -2.01. The summed E-state index contributed by atoms with van der Waals surface area (Å²) in [4.78, 5) is 4.39. The van der Waals surface area contributed by atoms with Crippen molar-refractivity contribution in [2.45, 2.75) is 26.7 Å². The van der Waals surface area contributed by atoms with Crippen LogP contribution < -0.4 is 0 Å². The number of hydrogen-bond acceptors (Lipinski definition) is 4. The van der Waals surface area contributed by atoms with Gasteiger partial charge >= 0.3 is 0 Å². The molecule has 0 fully saturated rings. The van der Waals surface area contributed by atoms with Crippen molar-refractivity contribution in [3.8, 4) is 17.5 Å². The highest BCUT2D eigenvalue weighted by molar-refractivity contribution is 9.10. The van der Waals surface area contributed by atoms with Gasteiger partial charge in [0.1, 0.15) is 0 Å². The van der Waals surface area contributed by atoms with Crippen LogP contribution in [0.2, 0.25) is 0 Å². The Morgan fingerprint density at radius 2 is 2.26 bits per heavy atom. The topological polar surface area (TPSA) is 62.7 Å². The van der Waals surface area contributed by atoms with Gasteiger partial charge in [-0.15, -0.1) is 0 Å². The third-order valence-corrected chi connectivity index (χ3v) is 3.35.